The van der Waals surface area contributed by atoms with Crippen LogP contribution in [0.2, 0.25) is 0 Å². The lowest BCUT2D eigenvalue weighted by molar-refractivity contribution is -0.116. The van der Waals surface area contributed by atoms with Crippen LogP contribution >= 0.6 is 0 Å². The number of ether oxygens (including phenoxy) is 2. The molecule has 0 spiro atoms. The van der Waals surface area contributed by atoms with Crippen LogP contribution in [0.5, 0.6) is 11.5 Å². The Labute approximate surface area is 147 Å². The molecule has 2 N–H and O–H groups in total. The number of aromatic nitrogens is 1. The summed E-state index contributed by atoms with van der Waals surface area (Å²) in [7, 11) is 1.59. The molecular weight excluding hydrogens is 318 g/mol. The average Bonchev–Trinajstić information content (AvgIpc) is 3.14. The van der Waals surface area contributed by atoms with Gasteiger partial charge in [-0.3, -0.25) is 9.78 Å². The van der Waals surface area contributed by atoms with Gasteiger partial charge in [0.1, 0.15) is 6.61 Å². The molecule has 1 aliphatic heterocycles. The van der Waals surface area contributed by atoms with Crippen molar-refractivity contribution >= 4 is 11.6 Å². The molecule has 1 saturated heterocycles. The van der Waals surface area contributed by atoms with Gasteiger partial charge in [-0.1, -0.05) is 6.07 Å². The van der Waals surface area contributed by atoms with E-state index in [1.54, 1.807) is 31.6 Å². The summed E-state index contributed by atoms with van der Waals surface area (Å²) in [6.07, 6.45) is 6.15. The zero-order valence-electron chi connectivity index (χ0n) is 14.3. The standard InChI is InChI=1S/C19H23N3O3/c1-24-17-7-6-16(22-19(23)11-15-5-3-9-21-15)10-18(17)25-13-14-4-2-8-20-12-14/h2,4,6-8,10,12,15,21H,3,5,9,11,13H2,1H3,(H,22,23). The zero-order chi connectivity index (χ0) is 17.5. The van der Waals surface area contributed by atoms with Crippen molar-refractivity contribution < 1.29 is 14.3 Å². The third-order valence-corrected chi connectivity index (χ3v) is 4.16. The Bertz CT molecular complexity index is 700. The van der Waals surface area contributed by atoms with Crippen LogP contribution in [-0.2, 0) is 11.4 Å². The summed E-state index contributed by atoms with van der Waals surface area (Å²) < 4.78 is 11.2. The monoisotopic (exact) mass is 341 g/mol. The van der Waals surface area contributed by atoms with E-state index in [4.69, 9.17) is 9.47 Å². The first kappa shape index (κ1) is 17.2. The molecule has 1 atom stereocenters. The van der Waals surface area contributed by atoms with Crippen LogP contribution in [0.15, 0.2) is 42.7 Å². The topological polar surface area (TPSA) is 72.5 Å². The molecule has 6 nitrogen and oxygen atoms in total. The number of nitrogens with zero attached hydrogens (tertiary/aromatic N) is 1. The highest BCUT2D eigenvalue weighted by Gasteiger charge is 2.18. The van der Waals surface area contributed by atoms with Crippen molar-refractivity contribution in [3.63, 3.8) is 0 Å². The lowest BCUT2D eigenvalue weighted by Crippen LogP contribution is -2.27. The quantitative estimate of drug-likeness (QED) is 0.810. The second-order valence-corrected chi connectivity index (χ2v) is 6.06. The van der Waals surface area contributed by atoms with E-state index >= 15 is 0 Å². The Morgan fingerprint density at radius 2 is 2.28 bits per heavy atom. The van der Waals surface area contributed by atoms with Crippen LogP contribution in [-0.4, -0.2) is 30.6 Å². The van der Waals surface area contributed by atoms with Gasteiger partial charge in [0.2, 0.25) is 5.91 Å². The van der Waals surface area contributed by atoms with Crippen molar-refractivity contribution in [3.8, 4) is 11.5 Å². The molecule has 1 unspecified atom stereocenters. The molecule has 3 rings (SSSR count). The summed E-state index contributed by atoms with van der Waals surface area (Å²) in [5, 5.41) is 6.26. The number of anilines is 1. The molecule has 0 saturated carbocycles. The number of nitrogens with one attached hydrogen (secondary N) is 2. The van der Waals surface area contributed by atoms with E-state index in [9.17, 15) is 4.79 Å². The lowest BCUT2D eigenvalue weighted by atomic mass is 10.1. The molecular formula is C19H23N3O3. The van der Waals surface area contributed by atoms with Crippen LogP contribution in [0, 0.1) is 0 Å². The van der Waals surface area contributed by atoms with Crippen LogP contribution < -0.4 is 20.1 Å². The van der Waals surface area contributed by atoms with Crippen molar-refractivity contribution in [2.75, 3.05) is 19.0 Å². The summed E-state index contributed by atoms with van der Waals surface area (Å²) in [4.78, 5) is 16.3. The highest BCUT2D eigenvalue weighted by Crippen LogP contribution is 2.31. The first-order chi connectivity index (χ1) is 12.2. The SMILES string of the molecule is COc1ccc(NC(=O)CC2CCCN2)cc1OCc1cccnc1. The molecule has 0 radical (unpaired) electrons. The number of amides is 1. The average molecular weight is 341 g/mol. The normalized spacial score (nSPS) is 16.4. The van der Waals surface area contributed by atoms with Crippen LogP contribution in [0.1, 0.15) is 24.8 Å². The van der Waals surface area contributed by atoms with Gasteiger partial charge in [0.05, 0.1) is 7.11 Å². The summed E-state index contributed by atoms with van der Waals surface area (Å²) in [6.45, 7) is 1.38. The van der Waals surface area contributed by atoms with E-state index in [0.29, 0.717) is 30.2 Å². The second kappa shape index (κ2) is 8.48. The summed E-state index contributed by atoms with van der Waals surface area (Å²) in [5.74, 6) is 1.21. The van der Waals surface area contributed by atoms with Crippen molar-refractivity contribution in [1.82, 2.24) is 10.3 Å². The van der Waals surface area contributed by atoms with E-state index in [-0.39, 0.29) is 11.9 Å². The predicted molar refractivity (Wildman–Crippen MR) is 95.8 cm³/mol. The Balaban J connectivity index is 1.63. The molecule has 2 aromatic rings. The summed E-state index contributed by atoms with van der Waals surface area (Å²) in [5.41, 5.74) is 1.66. The minimum absolute atomic E-state index is 0.00257. The summed E-state index contributed by atoms with van der Waals surface area (Å²) >= 11 is 0. The van der Waals surface area contributed by atoms with Crippen molar-refractivity contribution in [2.24, 2.45) is 0 Å². The maximum Gasteiger partial charge on any atom is 0.225 e. The van der Waals surface area contributed by atoms with Crippen molar-refractivity contribution in [1.29, 1.82) is 0 Å². The Morgan fingerprint density at radius 1 is 1.36 bits per heavy atom. The van der Waals surface area contributed by atoms with Crippen LogP contribution in [0.25, 0.3) is 0 Å². The Morgan fingerprint density at radius 3 is 3.00 bits per heavy atom. The van der Waals surface area contributed by atoms with E-state index in [2.05, 4.69) is 15.6 Å². The molecule has 25 heavy (non-hydrogen) atoms. The maximum atomic E-state index is 12.2. The molecule has 132 valence electrons. The number of methoxy groups -OCH3 is 1. The van der Waals surface area contributed by atoms with Crippen molar-refractivity contribution in [2.45, 2.75) is 31.9 Å². The second-order valence-electron chi connectivity index (χ2n) is 6.06. The first-order valence-electron chi connectivity index (χ1n) is 8.47. The lowest BCUT2D eigenvalue weighted by Gasteiger charge is -2.14. The fourth-order valence-electron chi connectivity index (χ4n) is 2.88. The number of rotatable bonds is 7. The largest absolute Gasteiger partial charge is 0.493 e. The molecule has 1 fully saturated rings. The fraction of sp³-hybridized carbons (Fsp3) is 0.368. The number of benzene rings is 1. The predicted octanol–water partition coefficient (Wildman–Crippen LogP) is 2.75. The number of carbonyl (C=O) groups excluding carboxylic acids is 1. The molecule has 2 heterocycles. The van der Waals surface area contributed by atoms with Gasteiger partial charge in [-0.05, 0) is 37.6 Å². The molecule has 1 amide bonds. The molecule has 1 aromatic heterocycles. The van der Waals surface area contributed by atoms with Gasteiger partial charge in [-0.25, -0.2) is 0 Å². The van der Waals surface area contributed by atoms with Gasteiger partial charge in [0, 0.05) is 42.2 Å². The third-order valence-electron chi connectivity index (χ3n) is 4.16. The maximum absolute atomic E-state index is 12.2. The molecule has 1 aliphatic rings. The van der Waals surface area contributed by atoms with Gasteiger partial charge in [0.15, 0.2) is 11.5 Å². The van der Waals surface area contributed by atoms with Crippen LogP contribution in [0.4, 0.5) is 5.69 Å². The van der Waals surface area contributed by atoms with Gasteiger partial charge >= 0.3 is 0 Å². The van der Waals surface area contributed by atoms with Gasteiger partial charge < -0.3 is 20.1 Å². The minimum Gasteiger partial charge on any atom is -0.493 e. The molecule has 0 bridgehead atoms. The molecule has 0 aliphatic carbocycles. The van der Waals surface area contributed by atoms with Gasteiger partial charge in [0.25, 0.3) is 0 Å². The number of hydrogen-bond donors (Lipinski definition) is 2. The van der Waals surface area contributed by atoms with Crippen LogP contribution in [0.3, 0.4) is 0 Å². The fourth-order valence-corrected chi connectivity index (χ4v) is 2.88. The Hall–Kier alpha value is -2.60. The minimum atomic E-state index is 0.00257. The third kappa shape index (κ3) is 4.93. The smallest absolute Gasteiger partial charge is 0.225 e. The number of pyridine rings is 1. The van der Waals surface area contributed by atoms with Crippen molar-refractivity contribution in [3.05, 3.63) is 48.3 Å². The Kier molecular flexibility index (Phi) is 5.85. The summed E-state index contributed by atoms with van der Waals surface area (Å²) in [6, 6.07) is 9.48. The zero-order valence-corrected chi connectivity index (χ0v) is 14.3. The van der Waals surface area contributed by atoms with E-state index in [0.717, 1.165) is 24.9 Å². The highest BCUT2D eigenvalue weighted by atomic mass is 16.5. The van der Waals surface area contributed by atoms with E-state index < -0.39 is 0 Å². The van der Waals surface area contributed by atoms with Gasteiger partial charge in [-0.2, -0.15) is 0 Å². The van der Waals surface area contributed by atoms with E-state index in [1.165, 1.54) is 0 Å². The molecule has 6 heteroatoms. The first-order valence-corrected chi connectivity index (χ1v) is 8.47. The molecule has 1 aromatic carbocycles. The number of hydrogen-bond acceptors (Lipinski definition) is 5. The van der Waals surface area contributed by atoms with E-state index in [1.807, 2.05) is 18.2 Å². The van der Waals surface area contributed by atoms with Gasteiger partial charge in [-0.15, -0.1) is 0 Å². The number of carbonyl (C=O) groups is 1. The highest BCUT2D eigenvalue weighted by molar-refractivity contribution is 5.91.